The van der Waals surface area contributed by atoms with E-state index >= 15 is 0 Å². The van der Waals surface area contributed by atoms with Crippen LogP contribution in [0.25, 0.3) is 11.4 Å². The molecule has 4 aromatic rings. The quantitative estimate of drug-likeness (QED) is 0.309. The van der Waals surface area contributed by atoms with Crippen LogP contribution in [0.2, 0.25) is 0 Å². The number of nitrogens with zero attached hydrogens (tertiary/aromatic N) is 2. The van der Waals surface area contributed by atoms with Crippen molar-refractivity contribution < 1.29 is 18.4 Å². The van der Waals surface area contributed by atoms with E-state index in [0.717, 1.165) is 5.69 Å². The van der Waals surface area contributed by atoms with E-state index in [2.05, 4.69) is 15.8 Å². The first kappa shape index (κ1) is 22.2. The lowest BCUT2D eigenvalue weighted by molar-refractivity contribution is 0.0842. The van der Waals surface area contributed by atoms with Crippen LogP contribution in [0, 0.1) is 30.3 Å². The van der Waals surface area contributed by atoms with E-state index in [1.165, 1.54) is 47.2 Å². The monoisotopic (exact) mass is 467 g/mol. The van der Waals surface area contributed by atoms with E-state index in [4.69, 9.17) is 12.2 Å². The van der Waals surface area contributed by atoms with E-state index in [1.54, 1.807) is 25.1 Å². The van der Waals surface area contributed by atoms with E-state index < -0.39 is 17.6 Å². The SMILES string of the molecule is Cc1cc(C(=O)NNC(=O)c2c[nH]c(=S)n2-c2ccc(F)cc2)c(C)n1-c1ccc(F)cc1. The Morgan fingerprint density at radius 1 is 0.848 bits per heavy atom. The maximum Gasteiger partial charge on any atom is 0.288 e. The number of nitrogens with one attached hydrogen (secondary N) is 3. The van der Waals surface area contributed by atoms with Gasteiger partial charge in [0.25, 0.3) is 11.8 Å². The van der Waals surface area contributed by atoms with Gasteiger partial charge in [0.05, 0.1) is 5.56 Å². The van der Waals surface area contributed by atoms with Crippen molar-refractivity contribution in [1.82, 2.24) is 25.0 Å². The van der Waals surface area contributed by atoms with E-state index in [0.29, 0.717) is 22.6 Å². The molecular weight excluding hydrogens is 448 g/mol. The summed E-state index contributed by atoms with van der Waals surface area (Å²) < 4.78 is 30.0. The normalized spacial score (nSPS) is 10.8. The number of imidazole rings is 1. The molecule has 33 heavy (non-hydrogen) atoms. The van der Waals surface area contributed by atoms with Crippen molar-refractivity contribution in [2.45, 2.75) is 13.8 Å². The lowest BCUT2D eigenvalue weighted by Gasteiger charge is -2.11. The third kappa shape index (κ3) is 4.33. The van der Waals surface area contributed by atoms with Gasteiger partial charge >= 0.3 is 0 Å². The molecule has 0 fully saturated rings. The van der Waals surface area contributed by atoms with Crippen molar-refractivity contribution in [3.63, 3.8) is 0 Å². The fourth-order valence-corrected chi connectivity index (χ4v) is 3.87. The fraction of sp³-hybridized carbons (Fsp3) is 0.0870. The van der Waals surface area contributed by atoms with Gasteiger partial charge in [-0.25, -0.2) is 8.78 Å². The highest BCUT2D eigenvalue weighted by Gasteiger charge is 2.19. The third-order valence-electron chi connectivity index (χ3n) is 5.14. The topological polar surface area (TPSA) is 83.9 Å². The summed E-state index contributed by atoms with van der Waals surface area (Å²) in [6, 6.07) is 13.1. The van der Waals surface area contributed by atoms with Crippen molar-refractivity contribution in [2.24, 2.45) is 0 Å². The number of benzene rings is 2. The standard InChI is InChI=1S/C23H19F2N5O2S/c1-13-11-19(14(2)29(13)17-7-3-15(24)4-8-17)21(31)27-28-22(32)20-12-26-23(33)30(20)18-9-5-16(25)6-10-18/h3-12H,1-2H3,(H,26,33)(H,27,31)(H,28,32). The molecule has 0 aliphatic heterocycles. The summed E-state index contributed by atoms with van der Waals surface area (Å²) in [4.78, 5) is 28.3. The van der Waals surface area contributed by atoms with Crippen LogP contribution in [0.5, 0.6) is 0 Å². The molecule has 0 aliphatic rings. The van der Waals surface area contributed by atoms with Crippen LogP contribution in [0.4, 0.5) is 8.78 Å². The highest BCUT2D eigenvalue weighted by atomic mass is 32.1. The second kappa shape index (κ2) is 8.83. The predicted octanol–water partition coefficient (Wildman–Crippen LogP) is 4.30. The minimum Gasteiger partial charge on any atom is -0.336 e. The van der Waals surface area contributed by atoms with Crippen molar-refractivity contribution in [3.05, 3.63) is 99.8 Å². The zero-order chi connectivity index (χ0) is 23.7. The van der Waals surface area contributed by atoms with Crippen LogP contribution in [-0.4, -0.2) is 25.9 Å². The molecule has 0 saturated carbocycles. The van der Waals surface area contributed by atoms with Crippen LogP contribution in [0.3, 0.4) is 0 Å². The molecule has 10 heteroatoms. The Bertz CT molecular complexity index is 1400. The number of halogens is 2. The molecule has 2 aromatic carbocycles. The summed E-state index contributed by atoms with van der Waals surface area (Å²) in [5, 5.41) is 0. The van der Waals surface area contributed by atoms with Gasteiger partial charge in [-0.15, -0.1) is 0 Å². The van der Waals surface area contributed by atoms with Crippen LogP contribution >= 0.6 is 12.2 Å². The van der Waals surface area contributed by atoms with Crippen molar-refractivity contribution in [2.75, 3.05) is 0 Å². The number of hydrogen-bond acceptors (Lipinski definition) is 3. The van der Waals surface area contributed by atoms with Gasteiger partial charge < -0.3 is 9.55 Å². The maximum atomic E-state index is 13.3. The average Bonchev–Trinajstić information content (AvgIpc) is 3.32. The summed E-state index contributed by atoms with van der Waals surface area (Å²) in [6.07, 6.45) is 1.40. The van der Waals surface area contributed by atoms with E-state index in [-0.39, 0.29) is 16.3 Å². The summed E-state index contributed by atoms with van der Waals surface area (Å²) in [5.74, 6) is -1.91. The average molecular weight is 468 g/mol. The molecule has 0 radical (unpaired) electrons. The second-order valence-corrected chi connectivity index (χ2v) is 7.68. The minimum absolute atomic E-state index is 0.128. The first-order valence-electron chi connectivity index (χ1n) is 9.88. The number of hydrazine groups is 1. The van der Waals surface area contributed by atoms with Crippen molar-refractivity contribution in [1.29, 1.82) is 0 Å². The molecule has 2 heterocycles. The zero-order valence-corrected chi connectivity index (χ0v) is 18.5. The number of hydrogen-bond donors (Lipinski definition) is 3. The number of aryl methyl sites for hydroxylation is 1. The van der Waals surface area contributed by atoms with Crippen LogP contribution in [0.1, 0.15) is 32.2 Å². The van der Waals surface area contributed by atoms with Gasteiger partial charge in [-0.3, -0.25) is 25.0 Å². The molecule has 7 nitrogen and oxygen atoms in total. The molecular formula is C23H19F2N5O2S. The maximum absolute atomic E-state index is 13.3. The molecule has 0 atom stereocenters. The number of rotatable bonds is 4. The Morgan fingerprint density at radius 3 is 1.94 bits per heavy atom. The van der Waals surface area contributed by atoms with Gasteiger partial charge in [-0.05, 0) is 80.7 Å². The lowest BCUT2D eigenvalue weighted by atomic mass is 10.2. The number of aromatic nitrogens is 3. The number of amides is 2. The molecule has 4 rings (SSSR count). The number of H-pyrrole nitrogens is 1. The highest BCUT2D eigenvalue weighted by Crippen LogP contribution is 2.21. The van der Waals surface area contributed by atoms with Crippen LogP contribution in [-0.2, 0) is 0 Å². The number of carbonyl (C=O) groups excluding carboxylic acids is 2. The predicted molar refractivity (Wildman–Crippen MR) is 121 cm³/mol. The van der Waals surface area contributed by atoms with Gasteiger partial charge in [-0.2, -0.15) is 0 Å². The third-order valence-corrected chi connectivity index (χ3v) is 5.44. The zero-order valence-electron chi connectivity index (χ0n) is 17.6. The van der Waals surface area contributed by atoms with Crippen LogP contribution < -0.4 is 10.9 Å². The van der Waals surface area contributed by atoms with Gasteiger partial charge in [0, 0.05) is 29.0 Å². The molecule has 0 unspecified atom stereocenters. The molecule has 2 aromatic heterocycles. The molecule has 168 valence electrons. The number of carbonyl (C=O) groups is 2. The van der Waals surface area contributed by atoms with E-state index in [1.807, 2.05) is 11.5 Å². The fourth-order valence-electron chi connectivity index (χ4n) is 3.61. The summed E-state index contributed by atoms with van der Waals surface area (Å²) in [7, 11) is 0. The Morgan fingerprint density at radius 2 is 1.36 bits per heavy atom. The van der Waals surface area contributed by atoms with Gasteiger partial charge in [-0.1, -0.05) is 0 Å². The molecule has 0 bridgehead atoms. The van der Waals surface area contributed by atoms with Crippen molar-refractivity contribution >= 4 is 24.0 Å². The van der Waals surface area contributed by atoms with Crippen LogP contribution in [0.15, 0.2) is 60.8 Å². The first-order chi connectivity index (χ1) is 15.8. The Balaban J connectivity index is 1.53. The smallest absolute Gasteiger partial charge is 0.288 e. The summed E-state index contributed by atoms with van der Waals surface area (Å²) >= 11 is 5.23. The summed E-state index contributed by atoms with van der Waals surface area (Å²) in [5.41, 5.74) is 7.85. The molecule has 0 spiro atoms. The number of aromatic amines is 1. The summed E-state index contributed by atoms with van der Waals surface area (Å²) in [6.45, 7) is 3.58. The molecule has 0 aliphatic carbocycles. The van der Waals surface area contributed by atoms with Gasteiger partial charge in [0.2, 0.25) is 0 Å². The Kier molecular flexibility index (Phi) is 5.93. The lowest BCUT2D eigenvalue weighted by Crippen LogP contribution is -2.42. The Hall–Kier alpha value is -4.05. The van der Waals surface area contributed by atoms with Gasteiger partial charge in [0.1, 0.15) is 17.3 Å². The second-order valence-electron chi connectivity index (χ2n) is 7.30. The highest BCUT2D eigenvalue weighted by molar-refractivity contribution is 7.71. The molecule has 2 amide bonds. The van der Waals surface area contributed by atoms with Gasteiger partial charge in [0.15, 0.2) is 4.77 Å². The van der Waals surface area contributed by atoms with E-state index in [9.17, 15) is 18.4 Å². The van der Waals surface area contributed by atoms with Crippen molar-refractivity contribution in [3.8, 4) is 11.4 Å². The molecule has 0 saturated heterocycles. The first-order valence-corrected chi connectivity index (χ1v) is 10.3. The molecule has 3 N–H and O–H groups in total. The Labute approximate surface area is 192 Å². The minimum atomic E-state index is -0.618. The largest absolute Gasteiger partial charge is 0.336 e.